The maximum atomic E-state index is 11.4. The van der Waals surface area contributed by atoms with Gasteiger partial charge in [0, 0.05) is 12.1 Å². The number of phenolic OH excluding ortho intramolecular Hbond substituents is 1. The molecule has 1 aromatic rings. The fourth-order valence-electron chi connectivity index (χ4n) is 2.58. The van der Waals surface area contributed by atoms with Crippen molar-refractivity contribution in [2.75, 3.05) is 20.1 Å². The van der Waals surface area contributed by atoms with Gasteiger partial charge in [-0.25, -0.2) is 0 Å². The molecular weight excluding hydrogens is 218 g/mol. The average Bonchev–Trinajstić information content (AvgIpc) is 2.68. The van der Waals surface area contributed by atoms with Gasteiger partial charge >= 0.3 is 5.97 Å². The highest BCUT2D eigenvalue weighted by molar-refractivity contribution is 5.77. The van der Waals surface area contributed by atoms with Gasteiger partial charge in [0.1, 0.15) is 5.75 Å². The third-order valence-electron chi connectivity index (χ3n) is 3.44. The number of carbonyl (C=O) groups is 1. The minimum atomic E-state index is -0.855. The van der Waals surface area contributed by atoms with Crippen LogP contribution in [-0.2, 0) is 4.79 Å². The smallest absolute Gasteiger partial charge is 0.311 e. The molecule has 17 heavy (non-hydrogen) atoms. The summed E-state index contributed by atoms with van der Waals surface area (Å²) in [6.07, 6.45) is 0.863. The number of rotatable bonds is 3. The van der Waals surface area contributed by atoms with Gasteiger partial charge in [-0.3, -0.25) is 4.79 Å². The third kappa shape index (κ3) is 2.42. The average molecular weight is 235 g/mol. The van der Waals surface area contributed by atoms with Crippen molar-refractivity contribution in [1.29, 1.82) is 0 Å². The number of benzene rings is 1. The molecule has 0 aromatic heterocycles. The maximum Gasteiger partial charge on any atom is 0.311 e. The molecule has 0 amide bonds. The second-order valence-electron chi connectivity index (χ2n) is 4.69. The molecule has 0 bridgehead atoms. The highest BCUT2D eigenvalue weighted by atomic mass is 16.4. The molecule has 0 radical (unpaired) electrons. The predicted molar refractivity (Wildman–Crippen MR) is 64.1 cm³/mol. The number of para-hydroxylation sites is 1. The van der Waals surface area contributed by atoms with Crippen molar-refractivity contribution in [3.63, 3.8) is 0 Å². The van der Waals surface area contributed by atoms with E-state index in [1.165, 1.54) is 0 Å². The molecule has 92 valence electrons. The van der Waals surface area contributed by atoms with Gasteiger partial charge in [-0.05, 0) is 32.0 Å². The van der Waals surface area contributed by atoms with E-state index in [2.05, 4.69) is 4.90 Å². The number of aromatic hydroxyl groups is 1. The first-order valence-electron chi connectivity index (χ1n) is 5.79. The van der Waals surface area contributed by atoms with E-state index in [9.17, 15) is 15.0 Å². The topological polar surface area (TPSA) is 60.8 Å². The number of carboxylic acids is 1. The Bertz CT molecular complexity index is 419. The highest BCUT2D eigenvalue weighted by Crippen LogP contribution is 2.35. The predicted octanol–water partition coefficient (Wildman–Crippen LogP) is 1.51. The molecule has 1 saturated heterocycles. The van der Waals surface area contributed by atoms with Crippen molar-refractivity contribution in [1.82, 2.24) is 4.90 Å². The van der Waals surface area contributed by atoms with Crippen molar-refractivity contribution < 1.29 is 15.0 Å². The summed E-state index contributed by atoms with van der Waals surface area (Å²) in [6.45, 7) is 1.69. The third-order valence-corrected chi connectivity index (χ3v) is 3.44. The second-order valence-corrected chi connectivity index (χ2v) is 4.69. The van der Waals surface area contributed by atoms with E-state index < -0.39 is 11.9 Å². The van der Waals surface area contributed by atoms with Crippen LogP contribution in [0.2, 0.25) is 0 Å². The summed E-state index contributed by atoms with van der Waals surface area (Å²) in [5, 5.41) is 19.1. The Morgan fingerprint density at radius 2 is 2.18 bits per heavy atom. The highest BCUT2D eigenvalue weighted by Gasteiger charge is 2.35. The van der Waals surface area contributed by atoms with E-state index in [1.54, 1.807) is 24.3 Å². The molecule has 0 saturated carbocycles. The molecule has 2 N–H and O–H groups in total. The number of carboxylic acid groups (broad SMARTS) is 1. The molecule has 1 heterocycles. The van der Waals surface area contributed by atoms with E-state index in [1.807, 2.05) is 7.05 Å². The van der Waals surface area contributed by atoms with Gasteiger partial charge in [-0.15, -0.1) is 0 Å². The standard InChI is InChI=1S/C13H17NO3/c1-14-7-6-9(8-14)12(13(16)17)10-4-2-3-5-11(10)15/h2-5,9,12,15H,6-8H2,1H3,(H,16,17). The summed E-state index contributed by atoms with van der Waals surface area (Å²) in [5.74, 6) is -1.31. The van der Waals surface area contributed by atoms with Crippen LogP contribution < -0.4 is 0 Å². The van der Waals surface area contributed by atoms with Gasteiger partial charge in [0.25, 0.3) is 0 Å². The SMILES string of the molecule is CN1CCC(C(C(=O)O)c2ccccc2O)C1. The summed E-state index contributed by atoms with van der Waals surface area (Å²) in [4.78, 5) is 13.5. The largest absolute Gasteiger partial charge is 0.508 e. The van der Waals surface area contributed by atoms with E-state index >= 15 is 0 Å². The van der Waals surface area contributed by atoms with Crippen LogP contribution >= 0.6 is 0 Å². The Labute approximate surface area is 100 Å². The van der Waals surface area contributed by atoms with Crippen LogP contribution in [0.25, 0.3) is 0 Å². The number of likely N-dealkylation sites (tertiary alicyclic amines) is 1. The minimum absolute atomic E-state index is 0.0748. The van der Waals surface area contributed by atoms with E-state index in [-0.39, 0.29) is 11.7 Å². The van der Waals surface area contributed by atoms with Gasteiger partial charge in [-0.2, -0.15) is 0 Å². The monoisotopic (exact) mass is 235 g/mol. The van der Waals surface area contributed by atoms with Gasteiger partial charge < -0.3 is 15.1 Å². The van der Waals surface area contributed by atoms with Crippen LogP contribution in [0.15, 0.2) is 24.3 Å². The molecule has 1 fully saturated rings. The fourth-order valence-corrected chi connectivity index (χ4v) is 2.58. The first-order chi connectivity index (χ1) is 8.09. The maximum absolute atomic E-state index is 11.4. The van der Waals surface area contributed by atoms with Crippen molar-refractivity contribution in [2.45, 2.75) is 12.3 Å². The van der Waals surface area contributed by atoms with Gasteiger partial charge in [0.05, 0.1) is 5.92 Å². The quantitative estimate of drug-likeness (QED) is 0.833. The van der Waals surface area contributed by atoms with Gasteiger partial charge in [-0.1, -0.05) is 18.2 Å². The zero-order valence-electron chi connectivity index (χ0n) is 9.84. The Hall–Kier alpha value is -1.55. The molecule has 4 heteroatoms. The molecule has 2 unspecified atom stereocenters. The van der Waals surface area contributed by atoms with Crippen LogP contribution in [0.3, 0.4) is 0 Å². The van der Waals surface area contributed by atoms with E-state index in [0.717, 1.165) is 19.5 Å². The number of hydrogen-bond donors (Lipinski definition) is 2. The normalized spacial score (nSPS) is 22.5. The summed E-state index contributed by atoms with van der Waals surface area (Å²) < 4.78 is 0. The van der Waals surface area contributed by atoms with Crippen LogP contribution in [-0.4, -0.2) is 41.2 Å². The second kappa shape index (κ2) is 4.75. The van der Waals surface area contributed by atoms with E-state index in [0.29, 0.717) is 5.56 Å². The Kier molecular flexibility index (Phi) is 3.33. The molecule has 1 aliphatic heterocycles. The lowest BCUT2D eigenvalue weighted by atomic mass is 9.85. The van der Waals surface area contributed by atoms with Crippen LogP contribution in [0.5, 0.6) is 5.75 Å². The fraction of sp³-hybridized carbons (Fsp3) is 0.462. The van der Waals surface area contributed by atoms with Crippen LogP contribution in [0.4, 0.5) is 0 Å². The summed E-state index contributed by atoms with van der Waals surface area (Å²) in [5.41, 5.74) is 0.528. The van der Waals surface area contributed by atoms with Gasteiger partial charge in [0.2, 0.25) is 0 Å². The summed E-state index contributed by atoms with van der Waals surface area (Å²) >= 11 is 0. The zero-order chi connectivity index (χ0) is 12.4. The lowest BCUT2D eigenvalue weighted by Gasteiger charge is -2.20. The summed E-state index contributed by atoms with van der Waals surface area (Å²) in [6, 6.07) is 6.72. The summed E-state index contributed by atoms with van der Waals surface area (Å²) in [7, 11) is 1.99. The minimum Gasteiger partial charge on any atom is -0.508 e. The first-order valence-corrected chi connectivity index (χ1v) is 5.79. The van der Waals surface area contributed by atoms with Crippen LogP contribution in [0, 0.1) is 5.92 Å². The van der Waals surface area contributed by atoms with Crippen molar-refractivity contribution in [3.8, 4) is 5.75 Å². The number of nitrogens with zero attached hydrogens (tertiary/aromatic N) is 1. The number of hydrogen-bond acceptors (Lipinski definition) is 3. The number of phenols is 1. The molecular formula is C13H17NO3. The molecule has 0 spiro atoms. The molecule has 4 nitrogen and oxygen atoms in total. The molecule has 1 aromatic carbocycles. The van der Waals surface area contributed by atoms with Crippen molar-refractivity contribution in [3.05, 3.63) is 29.8 Å². The van der Waals surface area contributed by atoms with E-state index in [4.69, 9.17) is 0 Å². The lowest BCUT2D eigenvalue weighted by molar-refractivity contribution is -0.140. The van der Waals surface area contributed by atoms with Crippen molar-refractivity contribution >= 4 is 5.97 Å². The van der Waals surface area contributed by atoms with Crippen molar-refractivity contribution in [2.24, 2.45) is 5.92 Å². The number of aliphatic carboxylic acids is 1. The molecule has 2 rings (SSSR count). The Balaban J connectivity index is 2.30. The lowest BCUT2D eigenvalue weighted by Crippen LogP contribution is -2.24. The molecule has 0 aliphatic carbocycles. The first kappa shape index (κ1) is 11.9. The molecule has 1 aliphatic rings. The van der Waals surface area contributed by atoms with Crippen LogP contribution in [0.1, 0.15) is 17.9 Å². The Morgan fingerprint density at radius 1 is 1.47 bits per heavy atom. The zero-order valence-corrected chi connectivity index (χ0v) is 9.84. The molecule has 2 atom stereocenters. The van der Waals surface area contributed by atoms with Gasteiger partial charge in [0.15, 0.2) is 0 Å². The Morgan fingerprint density at radius 3 is 2.71 bits per heavy atom.